The highest BCUT2D eigenvalue weighted by Gasteiger charge is 2.31. The van der Waals surface area contributed by atoms with Gasteiger partial charge in [-0.15, -0.1) is 0 Å². The molecule has 0 spiro atoms. The molecular weight excluding hydrogens is 364 g/mol. The van der Waals surface area contributed by atoms with Crippen LogP contribution in [0.15, 0.2) is 36.7 Å². The van der Waals surface area contributed by atoms with E-state index < -0.39 is 15.7 Å². The molecule has 9 heteroatoms. The minimum Gasteiger partial charge on any atom is -0.354 e. The average Bonchev–Trinajstić information content (AvgIpc) is 2.94. The van der Waals surface area contributed by atoms with Crippen LogP contribution in [0.2, 0.25) is 5.02 Å². The maximum Gasteiger partial charge on any atom is 0.275 e. The van der Waals surface area contributed by atoms with E-state index in [1.54, 1.807) is 36.2 Å². The standard InChI is InChI=1S/C16H17ClN4O3S/c1-21(13-5-6-25(23,24)10-13)15-9-18-14(8-19-15)16(22)20-12-4-2-3-11(17)7-12/h2-4,7-9,13H,5-6,10H2,1H3,(H,20,22). The third kappa shape index (κ3) is 4.26. The van der Waals surface area contributed by atoms with Crippen LogP contribution in [-0.2, 0) is 9.84 Å². The molecule has 0 radical (unpaired) electrons. The van der Waals surface area contributed by atoms with Gasteiger partial charge in [-0.05, 0) is 24.6 Å². The number of nitrogens with one attached hydrogen (secondary N) is 1. The normalized spacial score (nSPS) is 18.7. The largest absolute Gasteiger partial charge is 0.354 e. The number of amides is 1. The first-order chi connectivity index (χ1) is 11.8. The monoisotopic (exact) mass is 380 g/mol. The van der Waals surface area contributed by atoms with Crippen LogP contribution in [0, 0.1) is 0 Å². The van der Waals surface area contributed by atoms with E-state index in [0.717, 1.165) is 0 Å². The second kappa shape index (κ2) is 6.97. The summed E-state index contributed by atoms with van der Waals surface area (Å²) in [7, 11) is -1.19. The van der Waals surface area contributed by atoms with Crippen LogP contribution in [0.25, 0.3) is 0 Å². The van der Waals surface area contributed by atoms with Gasteiger partial charge in [0, 0.05) is 23.8 Å². The summed E-state index contributed by atoms with van der Waals surface area (Å²) >= 11 is 5.88. The van der Waals surface area contributed by atoms with Crippen LogP contribution < -0.4 is 10.2 Å². The lowest BCUT2D eigenvalue weighted by Crippen LogP contribution is -2.33. The van der Waals surface area contributed by atoms with E-state index >= 15 is 0 Å². The summed E-state index contributed by atoms with van der Waals surface area (Å²) in [4.78, 5) is 22.3. The number of halogens is 1. The van der Waals surface area contributed by atoms with Crippen LogP contribution in [0.3, 0.4) is 0 Å². The van der Waals surface area contributed by atoms with E-state index in [9.17, 15) is 13.2 Å². The zero-order valence-corrected chi connectivity index (χ0v) is 15.1. The molecule has 1 aliphatic heterocycles. The smallest absolute Gasteiger partial charge is 0.275 e. The van der Waals surface area contributed by atoms with Crippen molar-refractivity contribution < 1.29 is 13.2 Å². The van der Waals surface area contributed by atoms with Crippen molar-refractivity contribution in [2.45, 2.75) is 12.5 Å². The number of benzene rings is 1. The fraction of sp³-hybridized carbons (Fsp3) is 0.312. The van der Waals surface area contributed by atoms with Crippen LogP contribution in [0.5, 0.6) is 0 Å². The fourth-order valence-electron chi connectivity index (χ4n) is 2.65. The predicted octanol–water partition coefficient (Wildman–Crippen LogP) is 2.01. The van der Waals surface area contributed by atoms with E-state index in [4.69, 9.17) is 11.6 Å². The molecular formula is C16H17ClN4O3S. The van der Waals surface area contributed by atoms with Gasteiger partial charge in [0.05, 0.1) is 23.9 Å². The van der Waals surface area contributed by atoms with Crippen molar-refractivity contribution in [1.82, 2.24) is 9.97 Å². The number of nitrogens with zero attached hydrogens (tertiary/aromatic N) is 3. The quantitative estimate of drug-likeness (QED) is 0.872. The molecule has 1 unspecified atom stereocenters. The van der Waals surface area contributed by atoms with Crippen LogP contribution in [0.4, 0.5) is 11.5 Å². The maximum absolute atomic E-state index is 12.2. The lowest BCUT2D eigenvalue weighted by Gasteiger charge is -2.23. The summed E-state index contributed by atoms with van der Waals surface area (Å²) in [5.74, 6) is 0.436. The number of aromatic nitrogens is 2. The van der Waals surface area contributed by atoms with Gasteiger partial charge in [0.25, 0.3) is 5.91 Å². The predicted molar refractivity (Wildman–Crippen MR) is 96.9 cm³/mol. The Hall–Kier alpha value is -2.19. The van der Waals surface area contributed by atoms with Crippen molar-refractivity contribution >= 4 is 38.9 Å². The van der Waals surface area contributed by atoms with Gasteiger partial charge in [0.2, 0.25) is 0 Å². The van der Waals surface area contributed by atoms with Gasteiger partial charge in [0.15, 0.2) is 9.84 Å². The lowest BCUT2D eigenvalue weighted by atomic mass is 10.2. The van der Waals surface area contributed by atoms with Gasteiger partial charge in [-0.1, -0.05) is 17.7 Å². The Balaban J connectivity index is 1.68. The molecule has 7 nitrogen and oxygen atoms in total. The number of sulfone groups is 1. The Bertz CT molecular complexity index is 887. The van der Waals surface area contributed by atoms with Gasteiger partial charge in [0.1, 0.15) is 11.5 Å². The van der Waals surface area contributed by atoms with Crippen molar-refractivity contribution in [3.63, 3.8) is 0 Å². The van der Waals surface area contributed by atoms with Gasteiger partial charge in [-0.25, -0.2) is 18.4 Å². The Labute approximate surface area is 151 Å². The summed E-state index contributed by atoms with van der Waals surface area (Å²) in [5.41, 5.74) is 0.729. The van der Waals surface area contributed by atoms with Crippen molar-refractivity contribution in [3.8, 4) is 0 Å². The summed E-state index contributed by atoms with van der Waals surface area (Å²) in [6.45, 7) is 0. The first kappa shape index (κ1) is 17.6. The topological polar surface area (TPSA) is 92.3 Å². The first-order valence-corrected chi connectivity index (χ1v) is 9.86. The zero-order chi connectivity index (χ0) is 18.0. The highest BCUT2D eigenvalue weighted by molar-refractivity contribution is 7.91. The van der Waals surface area contributed by atoms with E-state index in [-0.39, 0.29) is 23.2 Å². The highest BCUT2D eigenvalue weighted by atomic mass is 35.5. The summed E-state index contributed by atoms with van der Waals surface area (Å²) in [5, 5.41) is 3.22. The molecule has 1 saturated heterocycles. The minimum atomic E-state index is -2.97. The number of rotatable bonds is 4. The number of hydrogen-bond donors (Lipinski definition) is 1. The number of hydrogen-bond acceptors (Lipinski definition) is 6. The molecule has 132 valence electrons. The highest BCUT2D eigenvalue weighted by Crippen LogP contribution is 2.21. The number of carbonyl (C=O) groups excluding carboxylic acids is 1. The summed E-state index contributed by atoms with van der Waals surface area (Å²) in [6, 6.07) is 6.68. The zero-order valence-electron chi connectivity index (χ0n) is 13.5. The Kier molecular flexibility index (Phi) is 4.91. The molecule has 1 fully saturated rings. The Morgan fingerprint density at radius 3 is 2.72 bits per heavy atom. The van der Waals surface area contributed by atoms with E-state index in [1.807, 2.05) is 0 Å². The molecule has 3 rings (SSSR count). The lowest BCUT2D eigenvalue weighted by molar-refractivity contribution is 0.102. The molecule has 1 aliphatic rings. The molecule has 0 bridgehead atoms. The number of carbonyl (C=O) groups is 1. The third-order valence-electron chi connectivity index (χ3n) is 4.07. The SMILES string of the molecule is CN(c1cnc(C(=O)Nc2cccc(Cl)c2)cn1)C1CCS(=O)(=O)C1. The van der Waals surface area contributed by atoms with E-state index in [2.05, 4.69) is 15.3 Å². The van der Waals surface area contributed by atoms with Gasteiger partial charge < -0.3 is 10.2 Å². The van der Waals surface area contributed by atoms with Crippen molar-refractivity contribution in [3.05, 3.63) is 47.4 Å². The summed E-state index contributed by atoms with van der Waals surface area (Å²) in [6.07, 6.45) is 3.41. The van der Waals surface area contributed by atoms with Crippen molar-refractivity contribution in [2.24, 2.45) is 0 Å². The van der Waals surface area contributed by atoms with Crippen molar-refractivity contribution in [1.29, 1.82) is 0 Å². The molecule has 0 saturated carbocycles. The Morgan fingerprint density at radius 2 is 2.12 bits per heavy atom. The molecule has 1 amide bonds. The maximum atomic E-state index is 12.2. The molecule has 2 aromatic rings. The number of anilines is 2. The molecule has 2 heterocycles. The third-order valence-corrected chi connectivity index (χ3v) is 6.06. The minimum absolute atomic E-state index is 0.113. The van der Waals surface area contributed by atoms with Crippen LogP contribution in [0.1, 0.15) is 16.9 Å². The molecule has 1 atom stereocenters. The second-order valence-corrected chi connectivity index (χ2v) is 8.56. The Morgan fingerprint density at radius 1 is 1.32 bits per heavy atom. The van der Waals surface area contributed by atoms with Gasteiger partial charge in [-0.3, -0.25) is 4.79 Å². The molecule has 1 N–H and O–H groups in total. The first-order valence-electron chi connectivity index (χ1n) is 7.66. The van der Waals surface area contributed by atoms with Crippen LogP contribution >= 0.6 is 11.6 Å². The van der Waals surface area contributed by atoms with Gasteiger partial charge >= 0.3 is 0 Å². The second-order valence-electron chi connectivity index (χ2n) is 5.89. The molecule has 0 aliphatic carbocycles. The average molecular weight is 381 g/mol. The molecule has 1 aromatic carbocycles. The van der Waals surface area contributed by atoms with Crippen molar-refractivity contribution in [2.75, 3.05) is 28.8 Å². The summed E-state index contributed by atoms with van der Waals surface area (Å²) < 4.78 is 23.2. The van der Waals surface area contributed by atoms with E-state index in [1.165, 1.54) is 12.4 Å². The molecule has 1 aromatic heterocycles. The molecule has 25 heavy (non-hydrogen) atoms. The van der Waals surface area contributed by atoms with Gasteiger partial charge in [-0.2, -0.15) is 0 Å². The van der Waals surface area contributed by atoms with Crippen LogP contribution in [-0.4, -0.2) is 48.9 Å². The van der Waals surface area contributed by atoms with E-state index in [0.29, 0.717) is 22.9 Å². The fourth-order valence-corrected chi connectivity index (χ4v) is 4.61.